The highest BCUT2D eigenvalue weighted by molar-refractivity contribution is 5.95. The summed E-state index contributed by atoms with van der Waals surface area (Å²) in [5.74, 6) is -0.0465. The fourth-order valence-electron chi connectivity index (χ4n) is 1.59. The zero-order valence-corrected chi connectivity index (χ0v) is 10.8. The minimum absolute atomic E-state index is 0.176. The average Bonchev–Trinajstić information content (AvgIpc) is 2.32. The van der Waals surface area contributed by atoms with E-state index in [0.717, 1.165) is 12.0 Å². The zero-order valence-electron chi connectivity index (χ0n) is 10.8. The van der Waals surface area contributed by atoms with Crippen LogP contribution in [0, 0.1) is 6.92 Å². The Hall–Kier alpha value is -1.59. The molecule has 0 bridgehead atoms. The zero-order chi connectivity index (χ0) is 13.5. The van der Waals surface area contributed by atoms with E-state index in [9.17, 15) is 9.90 Å². The van der Waals surface area contributed by atoms with Crippen molar-refractivity contribution in [3.63, 3.8) is 0 Å². The normalized spacial score (nSPS) is 12.2. The van der Waals surface area contributed by atoms with Gasteiger partial charge in [0.05, 0.1) is 6.04 Å². The summed E-state index contributed by atoms with van der Waals surface area (Å²) in [6.45, 7) is 2.41. The number of hydrogen-bond acceptors (Lipinski definition) is 4. The molecule has 4 N–H and O–H groups in total. The molecule has 1 unspecified atom stereocenters. The fraction of sp³-hybridized carbons (Fsp3) is 0.462. The van der Waals surface area contributed by atoms with Crippen molar-refractivity contribution in [3.05, 3.63) is 23.8 Å². The number of rotatable bonds is 6. The predicted molar refractivity (Wildman–Crippen MR) is 70.6 cm³/mol. The highest BCUT2D eigenvalue weighted by atomic mass is 16.5. The molecule has 0 fully saturated rings. The molecule has 5 heteroatoms. The van der Waals surface area contributed by atoms with E-state index in [-0.39, 0.29) is 11.7 Å². The van der Waals surface area contributed by atoms with Crippen LogP contribution in [-0.2, 0) is 9.53 Å². The lowest BCUT2D eigenvalue weighted by atomic mass is 10.1. The molecule has 0 aliphatic heterocycles. The summed E-state index contributed by atoms with van der Waals surface area (Å²) in [4.78, 5) is 11.8. The van der Waals surface area contributed by atoms with Crippen molar-refractivity contribution in [2.24, 2.45) is 5.73 Å². The van der Waals surface area contributed by atoms with Gasteiger partial charge in [-0.3, -0.25) is 4.79 Å². The Morgan fingerprint density at radius 3 is 2.89 bits per heavy atom. The molecule has 0 aromatic heterocycles. The van der Waals surface area contributed by atoms with Crippen molar-refractivity contribution >= 4 is 11.6 Å². The average molecular weight is 252 g/mol. The van der Waals surface area contributed by atoms with Crippen LogP contribution in [0.25, 0.3) is 0 Å². The van der Waals surface area contributed by atoms with Crippen LogP contribution < -0.4 is 11.1 Å². The Labute approximate surface area is 107 Å². The van der Waals surface area contributed by atoms with Crippen LogP contribution in [-0.4, -0.2) is 30.8 Å². The Balaban J connectivity index is 2.53. The molecule has 1 amide bonds. The molecule has 5 nitrogen and oxygen atoms in total. The third-order valence-corrected chi connectivity index (χ3v) is 2.67. The number of ether oxygens (including phenoxy) is 1. The van der Waals surface area contributed by atoms with Crippen LogP contribution in [0.5, 0.6) is 5.75 Å². The van der Waals surface area contributed by atoms with Gasteiger partial charge >= 0.3 is 0 Å². The van der Waals surface area contributed by atoms with E-state index >= 15 is 0 Å². The van der Waals surface area contributed by atoms with Gasteiger partial charge in [-0.25, -0.2) is 0 Å². The van der Waals surface area contributed by atoms with Gasteiger partial charge in [-0.05, 0) is 43.5 Å². The number of nitrogens with two attached hydrogens (primary N) is 1. The number of aryl methyl sites for hydroxylation is 1. The van der Waals surface area contributed by atoms with Gasteiger partial charge in [0.2, 0.25) is 5.91 Å². The Morgan fingerprint density at radius 2 is 2.28 bits per heavy atom. The number of benzene rings is 1. The summed E-state index contributed by atoms with van der Waals surface area (Å²) in [5.41, 5.74) is 7.23. The topological polar surface area (TPSA) is 84.6 Å². The summed E-state index contributed by atoms with van der Waals surface area (Å²) >= 11 is 0. The van der Waals surface area contributed by atoms with Gasteiger partial charge in [0.1, 0.15) is 5.75 Å². The van der Waals surface area contributed by atoms with Gasteiger partial charge in [-0.1, -0.05) is 0 Å². The molecule has 100 valence electrons. The van der Waals surface area contributed by atoms with Crippen LogP contribution in [0.2, 0.25) is 0 Å². The monoisotopic (exact) mass is 252 g/mol. The number of carbonyl (C=O) groups excluding carboxylic acids is 1. The van der Waals surface area contributed by atoms with E-state index in [2.05, 4.69) is 5.32 Å². The van der Waals surface area contributed by atoms with E-state index in [0.29, 0.717) is 18.7 Å². The summed E-state index contributed by atoms with van der Waals surface area (Å²) in [6.07, 6.45) is 1.33. The second-order valence-corrected chi connectivity index (χ2v) is 4.23. The third kappa shape index (κ3) is 4.35. The predicted octanol–water partition coefficient (Wildman–Crippen LogP) is 1.39. The molecule has 1 rings (SSSR count). The molecule has 0 spiro atoms. The van der Waals surface area contributed by atoms with Crippen molar-refractivity contribution in [3.8, 4) is 5.75 Å². The van der Waals surface area contributed by atoms with Gasteiger partial charge in [0.25, 0.3) is 0 Å². The van der Waals surface area contributed by atoms with Crippen molar-refractivity contribution in [1.82, 2.24) is 0 Å². The van der Waals surface area contributed by atoms with Crippen LogP contribution >= 0.6 is 0 Å². The quantitative estimate of drug-likeness (QED) is 0.527. The number of amides is 1. The number of hydrogen-bond donors (Lipinski definition) is 3. The maximum Gasteiger partial charge on any atom is 0.241 e. The fourth-order valence-corrected chi connectivity index (χ4v) is 1.59. The largest absolute Gasteiger partial charge is 0.508 e. The van der Waals surface area contributed by atoms with Crippen molar-refractivity contribution in [1.29, 1.82) is 0 Å². The molecule has 0 radical (unpaired) electrons. The molecule has 0 saturated carbocycles. The molecule has 0 aliphatic rings. The lowest BCUT2D eigenvalue weighted by Gasteiger charge is -2.13. The van der Waals surface area contributed by atoms with Crippen LogP contribution in [0.3, 0.4) is 0 Å². The maximum atomic E-state index is 11.8. The first-order valence-corrected chi connectivity index (χ1v) is 5.89. The Kier molecular flexibility index (Phi) is 5.61. The summed E-state index contributed by atoms with van der Waals surface area (Å²) in [7, 11) is 1.62. The maximum absolute atomic E-state index is 11.8. The van der Waals surface area contributed by atoms with Crippen molar-refractivity contribution in [2.45, 2.75) is 25.8 Å². The minimum Gasteiger partial charge on any atom is -0.508 e. The molecule has 18 heavy (non-hydrogen) atoms. The third-order valence-electron chi connectivity index (χ3n) is 2.67. The summed E-state index contributed by atoms with van der Waals surface area (Å²) in [6, 6.07) is 4.23. The smallest absolute Gasteiger partial charge is 0.241 e. The minimum atomic E-state index is -0.548. The highest BCUT2D eigenvalue weighted by Gasteiger charge is 2.14. The number of methoxy groups -OCH3 is 1. The second-order valence-electron chi connectivity index (χ2n) is 4.23. The van der Waals surface area contributed by atoms with Crippen LogP contribution in [0.1, 0.15) is 18.4 Å². The standard InChI is InChI=1S/C13H20N2O3/c1-9-8-10(16)5-6-12(9)15-13(17)11(14)4-3-7-18-2/h5-6,8,11,16H,3-4,7,14H2,1-2H3,(H,15,17). The molecular formula is C13H20N2O3. The van der Waals surface area contributed by atoms with Gasteiger partial charge in [-0.2, -0.15) is 0 Å². The van der Waals surface area contributed by atoms with E-state index in [1.807, 2.05) is 6.92 Å². The van der Waals surface area contributed by atoms with Crippen LogP contribution in [0.15, 0.2) is 18.2 Å². The summed E-state index contributed by atoms with van der Waals surface area (Å²) < 4.78 is 4.91. The van der Waals surface area contributed by atoms with Gasteiger partial charge in [-0.15, -0.1) is 0 Å². The first kappa shape index (κ1) is 14.5. The molecule has 0 heterocycles. The van der Waals surface area contributed by atoms with Crippen molar-refractivity contribution < 1.29 is 14.6 Å². The number of nitrogens with one attached hydrogen (secondary N) is 1. The second kappa shape index (κ2) is 6.98. The van der Waals surface area contributed by atoms with Gasteiger partial charge in [0.15, 0.2) is 0 Å². The molecule has 1 aromatic rings. The first-order chi connectivity index (χ1) is 8.54. The number of anilines is 1. The van der Waals surface area contributed by atoms with E-state index in [1.165, 1.54) is 6.07 Å². The number of carbonyl (C=O) groups is 1. The van der Waals surface area contributed by atoms with Crippen molar-refractivity contribution in [2.75, 3.05) is 19.0 Å². The molecule has 0 aliphatic carbocycles. The first-order valence-electron chi connectivity index (χ1n) is 5.89. The number of phenolic OH excluding ortho intramolecular Hbond substituents is 1. The lowest BCUT2D eigenvalue weighted by molar-refractivity contribution is -0.117. The molecule has 1 atom stereocenters. The van der Waals surface area contributed by atoms with Gasteiger partial charge < -0.3 is 20.9 Å². The Morgan fingerprint density at radius 1 is 1.56 bits per heavy atom. The number of aromatic hydroxyl groups is 1. The molecular weight excluding hydrogens is 232 g/mol. The molecule has 0 saturated heterocycles. The van der Waals surface area contributed by atoms with E-state index in [1.54, 1.807) is 19.2 Å². The lowest BCUT2D eigenvalue weighted by Crippen LogP contribution is -2.35. The van der Waals surface area contributed by atoms with E-state index < -0.39 is 6.04 Å². The Bertz CT molecular complexity index is 407. The summed E-state index contributed by atoms with van der Waals surface area (Å²) in [5, 5.41) is 12.0. The highest BCUT2D eigenvalue weighted by Crippen LogP contribution is 2.20. The molecule has 1 aromatic carbocycles. The SMILES string of the molecule is COCCCC(N)C(=O)Nc1ccc(O)cc1C. The van der Waals surface area contributed by atoms with E-state index in [4.69, 9.17) is 10.5 Å². The number of phenols is 1. The van der Waals surface area contributed by atoms with Gasteiger partial charge in [0, 0.05) is 19.4 Å². The van der Waals surface area contributed by atoms with Crippen LogP contribution in [0.4, 0.5) is 5.69 Å².